The molecule has 2 rings (SSSR count). The van der Waals surface area contributed by atoms with Gasteiger partial charge in [-0.1, -0.05) is 19.1 Å². The zero-order valence-electron chi connectivity index (χ0n) is 12.4. The van der Waals surface area contributed by atoms with Crippen LogP contribution in [0.15, 0.2) is 24.3 Å². The van der Waals surface area contributed by atoms with Gasteiger partial charge >= 0.3 is 5.97 Å². The Hall–Kier alpha value is -2.04. The lowest BCUT2D eigenvalue weighted by atomic mass is 9.99. The fourth-order valence-electron chi connectivity index (χ4n) is 2.69. The number of carboxylic acid groups (broad SMARTS) is 1. The highest BCUT2D eigenvalue weighted by molar-refractivity contribution is 5.79. The SMILES string of the molecule is COc1ccc(CCC(=O)N2CC(C)C(C(=O)O)C2)cc1. The predicted octanol–water partition coefficient (Wildman–Crippen LogP) is 1.81. The van der Waals surface area contributed by atoms with Crippen molar-refractivity contribution in [3.05, 3.63) is 29.8 Å². The molecule has 1 aromatic rings. The van der Waals surface area contributed by atoms with Gasteiger partial charge in [-0.05, 0) is 30.0 Å². The zero-order chi connectivity index (χ0) is 15.4. The molecule has 1 heterocycles. The maximum absolute atomic E-state index is 12.2. The van der Waals surface area contributed by atoms with Gasteiger partial charge in [0.05, 0.1) is 13.0 Å². The molecular formula is C16H21NO4. The molecule has 0 aromatic heterocycles. The van der Waals surface area contributed by atoms with Crippen molar-refractivity contribution < 1.29 is 19.4 Å². The maximum Gasteiger partial charge on any atom is 0.308 e. The van der Waals surface area contributed by atoms with Gasteiger partial charge in [0.25, 0.3) is 0 Å². The molecule has 0 aliphatic carbocycles. The molecule has 5 nitrogen and oxygen atoms in total. The van der Waals surface area contributed by atoms with E-state index < -0.39 is 11.9 Å². The molecule has 0 bridgehead atoms. The van der Waals surface area contributed by atoms with Gasteiger partial charge in [-0.15, -0.1) is 0 Å². The van der Waals surface area contributed by atoms with E-state index in [2.05, 4.69) is 0 Å². The first-order valence-electron chi connectivity index (χ1n) is 7.14. The Morgan fingerprint density at radius 1 is 1.29 bits per heavy atom. The third-order valence-electron chi connectivity index (χ3n) is 4.07. The van der Waals surface area contributed by atoms with Crippen LogP contribution in [0.25, 0.3) is 0 Å². The first-order valence-corrected chi connectivity index (χ1v) is 7.14. The van der Waals surface area contributed by atoms with E-state index in [4.69, 9.17) is 9.84 Å². The standard InChI is InChI=1S/C16H21NO4/c1-11-9-17(10-14(11)16(19)20)15(18)8-5-12-3-6-13(21-2)7-4-12/h3-4,6-7,11,14H,5,8-10H2,1-2H3,(H,19,20). The lowest BCUT2D eigenvalue weighted by molar-refractivity contribution is -0.142. The normalized spacial score (nSPS) is 21.3. The number of benzene rings is 1. The Morgan fingerprint density at radius 2 is 1.95 bits per heavy atom. The molecule has 1 amide bonds. The Balaban J connectivity index is 1.86. The summed E-state index contributed by atoms with van der Waals surface area (Å²) in [6, 6.07) is 7.63. The molecule has 2 atom stereocenters. The second kappa shape index (κ2) is 6.61. The van der Waals surface area contributed by atoms with Crippen molar-refractivity contribution in [1.82, 2.24) is 4.90 Å². The first kappa shape index (κ1) is 15.4. The highest BCUT2D eigenvalue weighted by atomic mass is 16.5. The van der Waals surface area contributed by atoms with Crippen molar-refractivity contribution in [2.45, 2.75) is 19.8 Å². The third kappa shape index (κ3) is 3.74. The van der Waals surface area contributed by atoms with Gasteiger partial charge in [-0.25, -0.2) is 0 Å². The quantitative estimate of drug-likeness (QED) is 0.898. The summed E-state index contributed by atoms with van der Waals surface area (Å²) in [5.74, 6) is -0.403. The van der Waals surface area contributed by atoms with Crippen molar-refractivity contribution in [3.8, 4) is 5.75 Å². The number of rotatable bonds is 5. The van der Waals surface area contributed by atoms with Gasteiger partial charge in [0.15, 0.2) is 0 Å². The molecule has 1 N–H and O–H groups in total. The Kier molecular flexibility index (Phi) is 4.83. The molecule has 5 heteroatoms. The average molecular weight is 291 g/mol. The molecule has 1 aliphatic heterocycles. The van der Waals surface area contributed by atoms with Crippen LogP contribution in [0.4, 0.5) is 0 Å². The van der Waals surface area contributed by atoms with Crippen molar-refractivity contribution in [2.75, 3.05) is 20.2 Å². The van der Waals surface area contributed by atoms with Crippen LogP contribution in [-0.2, 0) is 16.0 Å². The van der Waals surface area contributed by atoms with Crippen molar-refractivity contribution in [2.24, 2.45) is 11.8 Å². The number of amides is 1. The van der Waals surface area contributed by atoms with Crippen molar-refractivity contribution in [1.29, 1.82) is 0 Å². The second-order valence-electron chi connectivity index (χ2n) is 5.57. The van der Waals surface area contributed by atoms with E-state index in [1.54, 1.807) is 12.0 Å². The van der Waals surface area contributed by atoms with Crippen LogP contribution in [0, 0.1) is 11.8 Å². The number of ether oxygens (including phenoxy) is 1. The van der Waals surface area contributed by atoms with E-state index in [1.165, 1.54) is 0 Å². The first-order chi connectivity index (χ1) is 10.0. The monoisotopic (exact) mass is 291 g/mol. The summed E-state index contributed by atoms with van der Waals surface area (Å²) in [5.41, 5.74) is 1.08. The second-order valence-corrected chi connectivity index (χ2v) is 5.57. The average Bonchev–Trinajstić information content (AvgIpc) is 2.87. The number of aryl methyl sites for hydroxylation is 1. The number of hydrogen-bond donors (Lipinski definition) is 1. The molecule has 0 spiro atoms. The Labute approximate surface area is 124 Å². The topological polar surface area (TPSA) is 66.8 Å². The van der Waals surface area contributed by atoms with Gasteiger partial charge in [0.2, 0.25) is 5.91 Å². The predicted molar refractivity (Wildman–Crippen MR) is 78.2 cm³/mol. The fourth-order valence-corrected chi connectivity index (χ4v) is 2.69. The molecule has 0 saturated carbocycles. The van der Waals surface area contributed by atoms with Crippen LogP contribution in [0.3, 0.4) is 0 Å². The molecule has 2 unspecified atom stereocenters. The van der Waals surface area contributed by atoms with E-state index in [1.807, 2.05) is 31.2 Å². The minimum Gasteiger partial charge on any atom is -0.497 e. The summed E-state index contributed by atoms with van der Waals surface area (Å²) in [6.45, 7) is 2.76. The Morgan fingerprint density at radius 3 is 2.48 bits per heavy atom. The van der Waals surface area contributed by atoms with Gasteiger partial charge in [0.1, 0.15) is 5.75 Å². The summed E-state index contributed by atoms with van der Waals surface area (Å²) in [4.78, 5) is 24.9. The van der Waals surface area contributed by atoms with E-state index in [9.17, 15) is 9.59 Å². The summed E-state index contributed by atoms with van der Waals surface area (Å²) >= 11 is 0. The van der Waals surface area contributed by atoms with Crippen LogP contribution in [0.2, 0.25) is 0 Å². The number of nitrogens with zero attached hydrogens (tertiary/aromatic N) is 1. The van der Waals surface area contributed by atoms with Gasteiger partial charge in [-0.3, -0.25) is 9.59 Å². The minimum absolute atomic E-state index is 0.0208. The van der Waals surface area contributed by atoms with Crippen LogP contribution in [-0.4, -0.2) is 42.1 Å². The number of carbonyl (C=O) groups excluding carboxylic acids is 1. The molecule has 0 radical (unpaired) electrons. The lowest BCUT2D eigenvalue weighted by Gasteiger charge is -2.15. The molecule has 21 heavy (non-hydrogen) atoms. The van der Waals surface area contributed by atoms with Gasteiger partial charge in [-0.2, -0.15) is 0 Å². The van der Waals surface area contributed by atoms with Crippen LogP contribution in [0.5, 0.6) is 5.75 Å². The fraction of sp³-hybridized carbons (Fsp3) is 0.500. The van der Waals surface area contributed by atoms with Crippen molar-refractivity contribution in [3.63, 3.8) is 0 Å². The Bertz CT molecular complexity index is 512. The maximum atomic E-state index is 12.2. The molecule has 1 aliphatic rings. The smallest absolute Gasteiger partial charge is 0.308 e. The third-order valence-corrected chi connectivity index (χ3v) is 4.07. The summed E-state index contributed by atoms with van der Waals surface area (Å²) in [7, 11) is 1.62. The van der Waals surface area contributed by atoms with E-state index >= 15 is 0 Å². The lowest BCUT2D eigenvalue weighted by Crippen LogP contribution is -2.30. The van der Waals surface area contributed by atoms with E-state index in [0.29, 0.717) is 25.9 Å². The number of hydrogen-bond acceptors (Lipinski definition) is 3. The number of carboxylic acids is 1. The molecule has 1 aromatic carbocycles. The summed E-state index contributed by atoms with van der Waals surface area (Å²) < 4.78 is 5.09. The zero-order valence-corrected chi connectivity index (χ0v) is 12.4. The van der Waals surface area contributed by atoms with E-state index in [-0.39, 0.29) is 11.8 Å². The highest BCUT2D eigenvalue weighted by Gasteiger charge is 2.36. The number of carbonyl (C=O) groups is 2. The van der Waals surface area contributed by atoms with Gasteiger partial charge < -0.3 is 14.7 Å². The molecule has 1 fully saturated rings. The molecular weight excluding hydrogens is 270 g/mol. The number of likely N-dealkylation sites (tertiary alicyclic amines) is 1. The van der Waals surface area contributed by atoms with Crippen LogP contribution in [0.1, 0.15) is 18.9 Å². The largest absolute Gasteiger partial charge is 0.497 e. The van der Waals surface area contributed by atoms with E-state index in [0.717, 1.165) is 11.3 Å². The molecule has 1 saturated heterocycles. The summed E-state index contributed by atoms with van der Waals surface area (Å²) in [5, 5.41) is 9.09. The molecule has 114 valence electrons. The number of aliphatic carboxylic acids is 1. The minimum atomic E-state index is -0.812. The van der Waals surface area contributed by atoms with Crippen LogP contribution < -0.4 is 4.74 Å². The highest BCUT2D eigenvalue weighted by Crippen LogP contribution is 2.24. The van der Waals surface area contributed by atoms with Crippen molar-refractivity contribution >= 4 is 11.9 Å². The van der Waals surface area contributed by atoms with Gasteiger partial charge in [0, 0.05) is 19.5 Å². The number of methoxy groups -OCH3 is 1. The summed E-state index contributed by atoms with van der Waals surface area (Å²) in [6.07, 6.45) is 1.07. The van der Waals surface area contributed by atoms with Crippen LogP contribution >= 0.6 is 0 Å².